The Balaban J connectivity index is 2.25. The summed E-state index contributed by atoms with van der Waals surface area (Å²) in [4.78, 5) is 27.3. The van der Waals surface area contributed by atoms with Gasteiger partial charge in [-0.05, 0) is 37.1 Å². The van der Waals surface area contributed by atoms with Gasteiger partial charge >= 0.3 is 0 Å². The van der Waals surface area contributed by atoms with E-state index in [1.807, 2.05) is 6.92 Å². The van der Waals surface area contributed by atoms with Crippen LogP contribution in [0.2, 0.25) is 10.0 Å². The molecule has 0 aliphatic heterocycles. The molecule has 0 aliphatic rings. The first-order valence-electron chi connectivity index (χ1n) is 11.1. The molecule has 0 heterocycles. The summed E-state index contributed by atoms with van der Waals surface area (Å²) in [5, 5.41) is 3.38. The number of sulfonamides is 1. The van der Waals surface area contributed by atoms with E-state index in [9.17, 15) is 18.0 Å². The molecule has 2 aromatic rings. The Kier molecular flexibility index (Phi) is 10.7. The minimum Gasteiger partial charge on any atom is -0.497 e. The van der Waals surface area contributed by atoms with Crippen LogP contribution in [0.4, 0.5) is 5.69 Å². The molecule has 1 atom stereocenters. The van der Waals surface area contributed by atoms with Crippen molar-refractivity contribution in [2.75, 3.05) is 31.3 Å². The molecule has 35 heavy (non-hydrogen) atoms. The largest absolute Gasteiger partial charge is 0.497 e. The molecule has 1 N–H and O–H groups in total. The standard InChI is InChI=1S/C24H31Cl2N3O5S/c1-5-22(24(31)27-2)28(16-19-20(25)11-7-12-21(19)26)23(30)13-8-14-29(35(4,32)33)17-9-6-10-18(15-17)34-3/h6-7,9-12,15,22H,5,8,13-14,16H2,1-4H3,(H,27,31)/t22-/m0/s1. The van der Waals surface area contributed by atoms with Gasteiger partial charge in [-0.1, -0.05) is 42.3 Å². The van der Waals surface area contributed by atoms with Gasteiger partial charge in [0.1, 0.15) is 11.8 Å². The van der Waals surface area contributed by atoms with Gasteiger partial charge in [-0.15, -0.1) is 0 Å². The van der Waals surface area contributed by atoms with Gasteiger partial charge in [-0.3, -0.25) is 13.9 Å². The molecule has 2 aromatic carbocycles. The molecule has 0 saturated carbocycles. The fourth-order valence-corrected chi connectivity index (χ4v) is 5.18. The molecule has 2 amide bonds. The van der Waals surface area contributed by atoms with Crippen molar-refractivity contribution >= 4 is 50.7 Å². The number of likely N-dealkylation sites (N-methyl/N-ethyl adjacent to an activating group) is 1. The summed E-state index contributed by atoms with van der Waals surface area (Å²) in [5.74, 6) is -0.0971. The number of halogens is 2. The molecule has 11 heteroatoms. The van der Waals surface area contributed by atoms with E-state index < -0.39 is 16.1 Å². The van der Waals surface area contributed by atoms with Gasteiger partial charge in [0.15, 0.2) is 0 Å². The van der Waals surface area contributed by atoms with Crippen LogP contribution in [0.15, 0.2) is 42.5 Å². The van der Waals surface area contributed by atoms with Gasteiger partial charge in [-0.2, -0.15) is 0 Å². The molecule has 0 fully saturated rings. The lowest BCUT2D eigenvalue weighted by atomic mass is 10.1. The van der Waals surface area contributed by atoms with Crippen LogP contribution in [0.1, 0.15) is 31.7 Å². The minimum absolute atomic E-state index is 0.0194. The van der Waals surface area contributed by atoms with Crippen molar-refractivity contribution in [1.82, 2.24) is 10.2 Å². The quantitative estimate of drug-likeness (QED) is 0.434. The number of nitrogens with zero attached hydrogens (tertiary/aromatic N) is 2. The van der Waals surface area contributed by atoms with Gasteiger partial charge in [0.2, 0.25) is 21.8 Å². The molecule has 0 aliphatic carbocycles. The Morgan fingerprint density at radius 1 is 1.11 bits per heavy atom. The summed E-state index contributed by atoms with van der Waals surface area (Å²) < 4.78 is 31.3. The second-order valence-corrected chi connectivity index (χ2v) is 10.6. The number of carbonyl (C=O) groups excluding carboxylic acids is 2. The van der Waals surface area contributed by atoms with Gasteiger partial charge in [0, 0.05) is 48.2 Å². The zero-order valence-corrected chi connectivity index (χ0v) is 22.6. The van der Waals surface area contributed by atoms with Gasteiger partial charge in [0.05, 0.1) is 19.1 Å². The van der Waals surface area contributed by atoms with Crippen molar-refractivity contribution in [3.63, 3.8) is 0 Å². The van der Waals surface area contributed by atoms with Crippen molar-refractivity contribution < 1.29 is 22.7 Å². The summed E-state index contributed by atoms with van der Waals surface area (Å²) in [6, 6.07) is 11.0. The normalized spacial score (nSPS) is 12.1. The number of hydrogen-bond acceptors (Lipinski definition) is 5. The van der Waals surface area contributed by atoms with Crippen molar-refractivity contribution in [2.45, 2.75) is 38.8 Å². The molecule has 8 nitrogen and oxygen atoms in total. The maximum Gasteiger partial charge on any atom is 0.242 e. The van der Waals surface area contributed by atoms with Crippen LogP contribution in [0.3, 0.4) is 0 Å². The van der Waals surface area contributed by atoms with Crippen LogP contribution in [0, 0.1) is 0 Å². The summed E-state index contributed by atoms with van der Waals surface area (Å²) in [7, 11) is -0.598. The molecule has 192 valence electrons. The van der Waals surface area contributed by atoms with Crippen molar-refractivity contribution in [3.8, 4) is 5.75 Å². The maximum atomic E-state index is 13.3. The third-order valence-electron chi connectivity index (χ3n) is 5.52. The summed E-state index contributed by atoms with van der Waals surface area (Å²) in [5.41, 5.74) is 0.983. The smallest absolute Gasteiger partial charge is 0.242 e. The van der Waals surface area contributed by atoms with E-state index >= 15 is 0 Å². The third-order valence-corrected chi connectivity index (χ3v) is 7.42. The van der Waals surface area contributed by atoms with Crippen LogP contribution in [-0.2, 0) is 26.2 Å². The van der Waals surface area contributed by atoms with Crippen LogP contribution in [0.5, 0.6) is 5.75 Å². The van der Waals surface area contributed by atoms with E-state index in [2.05, 4.69) is 5.32 Å². The number of rotatable bonds is 12. The lowest BCUT2D eigenvalue weighted by Gasteiger charge is -2.31. The highest BCUT2D eigenvalue weighted by Crippen LogP contribution is 2.28. The first-order chi connectivity index (χ1) is 16.5. The molecule has 0 unspecified atom stereocenters. The van der Waals surface area contributed by atoms with Crippen LogP contribution in [-0.4, -0.2) is 58.1 Å². The maximum absolute atomic E-state index is 13.3. The van der Waals surface area contributed by atoms with E-state index in [1.54, 1.807) is 42.5 Å². The minimum atomic E-state index is -3.61. The first-order valence-corrected chi connectivity index (χ1v) is 13.7. The molecule has 0 saturated heterocycles. The second kappa shape index (κ2) is 13.0. The van der Waals surface area contributed by atoms with Gasteiger partial charge < -0.3 is 15.0 Å². The predicted molar refractivity (Wildman–Crippen MR) is 140 cm³/mol. The number of benzene rings is 2. The lowest BCUT2D eigenvalue weighted by Crippen LogP contribution is -2.48. The second-order valence-electron chi connectivity index (χ2n) is 7.90. The van der Waals surface area contributed by atoms with E-state index in [-0.39, 0.29) is 37.7 Å². The SMILES string of the molecule is CC[C@@H](C(=O)NC)N(Cc1c(Cl)cccc1Cl)C(=O)CCCN(c1cccc(OC)c1)S(C)(=O)=O. The van der Waals surface area contributed by atoms with E-state index in [4.69, 9.17) is 27.9 Å². The zero-order valence-electron chi connectivity index (χ0n) is 20.3. The number of amides is 2. The summed E-state index contributed by atoms with van der Waals surface area (Å²) in [6.45, 7) is 1.94. The fourth-order valence-electron chi connectivity index (χ4n) is 3.71. The molecule has 0 spiro atoms. The van der Waals surface area contributed by atoms with Crippen molar-refractivity contribution in [1.29, 1.82) is 0 Å². The predicted octanol–water partition coefficient (Wildman–Crippen LogP) is 4.10. The van der Waals surface area contributed by atoms with Crippen LogP contribution < -0.4 is 14.4 Å². The fraction of sp³-hybridized carbons (Fsp3) is 0.417. The van der Waals surface area contributed by atoms with E-state index in [1.165, 1.54) is 23.4 Å². The summed E-state index contributed by atoms with van der Waals surface area (Å²) >= 11 is 12.6. The number of carbonyl (C=O) groups is 2. The highest BCUT2D eigenvalue weighted by atomic mass is 35.5. The molecule has 0 aromatic heterocycles. The number of nitrogens with one attached hydrogen (secondary N) is 1. The Labute approximate surface area is 217 Å². The van der Waals surface area contributed by atoms with Gasteiger partial charge in [0.25, 0.3) is 0 Å². The molecule has 2 rings (SSSR count). The van der Waals surface area contributed by atoms with Crippen LogP contribution >= 0.6 is 23.2 Å². The zero-order chi connectivity index (χ0) is 26.2. The van der Waals surface area contributed by atoms with Crippen molar-refractivity contribution in [2.24, 2.45) is 0 Å². The molecule has 0 radical (unpaired) electrons. The monoisotopic (exact) mass is 543 g/mol. The molecular weight excluding hydrogens is 513 g/mol. The number of methoxy groups -OCH3 is 1. The average molecular weight is 545 g/mol. The van der Waals surface area contributed by atoms with Gasteiger partial charge in [-0.25, -0.2) is 8.42 Å². The highest BCUT2D eigenvalue weighted by Gasteiger charge is 2.29. The van der Waals surface area contributed by atoms with E-state index in [0.29, 0.717) is 33.5 Å². The number of ether oxygens (including phenoxy) is 1. The third kappa shape index (κ3) is 7.75. The van der Waals surface area contributed by atoms with E-state index in [0.717, 1.165) is 6.26 Å². The number of hydrogen-bond donors (Lipinski definition) is 1. The van der Waals surface area contributed by atoms with Crippen LogP contribution in [0.25, 0.3) is 0 Å². The topological polar surface area (TPSA) is 96.0 Å². The summed E-state index contributed by atoms with van der Waals surface area (Å²) in [6.07, 6.45) is 1.75. The highest BCUT2D eigenvalue weighted by molar-refractivity contribution is 7.92. The lowest BCUT2D eigenvalue weighted by molar-refractivity contribution is -0.141. The first kappa shape index (κ1) is 28.7. The molecular formula is C24H31Cl2N3O5S. The Hall–Kier alpha value is -2.49. The van der Waals surface area contributed by atoms with Crippen molar-refractivity contribution in [3.05, 3.63) is 58.1 Å². The average Bonchev–Trinajstić information content (AvgIpc) is 2.82. The Morgan fingerprint density at radius 2 is 1.74 bits per heavy atom. The Morgan fingerprint density at radius 3 is 2.29 bits per heavy atom. The Bertz CT molecular complexity index is 1120. The molecule has 0 bridgehead atoms. The number of anilines is 1.